The second-order valence-electron chi connectivity index (χ2n) is 6.39. The largest absolute Gasteiger partial charge is 0.389 e. The highest BCUT2D eigenvalue weighted by Crippen LogP contribution is 2.33. The molecule has 0 aliphatic heterocycles. The van der Waals surface area contributed by atoms with Crippen LogP contribution in [0.25, 0.3) is 0 Å². The lowest BCUT2D eigenvalue weighted by molar-refractivity contribution is 0.00119. The maximum absolute atomic E-state index is 14.2. The SMILES string of the molecule is CCC(N)C(c1ccccc1F)N(C)CC1(O)CCCC1. The molecule has 0 aromatic heterocycles. The average Bonchev–Trinajstić information content (AvgIpc) is 2.87. The Kier molecular flexibility index (Phi) is 5.36. The fraction of sp³-hybridized carbons (Fsp3) is 0.647. The molecule has 118 valence electrons. The summed E-state index contributed by atoms with van der Waals surface area (Å²) in [4.78, 5) is 2.03. The van der Waals surface area contributed by atoms with Gasteiger partial charge in [-0.1, -0.05) is 38.0 Å². The molecule has 1 aliphatic carbocycles. The van der Waals surface area contributed by atoms with E-state index in [1.807, 2.05) is 24.9 Å². The van der Waals surface area contributed by atoms with Crippen LogP contribution in [0.5, 0.6) is 0 Å². The van der Waals surface area contributed by atoms with Gasteiger partial charge in [-0.2, -0.15) is 0 Å². The zero-order valence-corrected chi connectivity index (χ0v) is 13.1. The van der Waals surface area contributed by atoms with Crippen molar-refractivity contribution in [3.63, 3.8) is 0 Å². The molecular formula is C17H27FN2O. The van der Waals surface area contributed by atoms with Crippen molar-refractivity contribution in [2.45, 2.75) is 56.7 Å². The topological polar surface area (TPSA) is 49.5 Å². The summed E-state index contributed by atoms with van der Waals surface area (Å²) >= 11 is 0. The number of likely N-dealkylation sites (N-methyl/N-ethyl adjacent to an activating group) is 1. The molecule has 4 heteroatoms. The molecule has 0 radical (unpaired) electrons. The van der Waals surface area contributed by atoms with Gasteiger partial charge in [0.1, 0.15) is 5.82 Å². The molecule has 3 nitrogen and oxygen atoms in total. The van der Waals surface area contributed by atoms with E-state index in [1.54, 1.807) is 12.1 Å². The lowest BCUT2D eigenvalue weighted by Crippen LogP contribution is -2.46. The third kappa shape index (κ3) is 3.82. The summed E-state index contributed by atoms with van der Waals surface area (Å²) in [7, 11) is 1.93. The lowest BCUT2D eigenvalue weighted by atomic mass is 9.93. The van der Waals surface area contributed by atoms with Gasteiger partial charge in [-0.25, -0.2) is 4.39 Å². The number of nitrogens with zero attached hydrogens (tertiary/aromatic N) is 1. The molecule has 0 heterocycles. The van der Waals surface area contributed by atoms with Crippen LogP contribution in [0.2, 0.25) is 0 Å². The van der Waals surface area contributed by atoms with Gasteiger partial charge in [-0.05, 0) is 32.4 Å². The summed E-state index contributed by atoms with van der Waals surface area (Å²) < 4.78 is 14.2. The number of halogens is 1. The normalized spacial score (nSPS) is 20.7. The number of benzene rings is 1. The van der Waals surface area contributed by atoms with E-state index >= 15 is 0 Å². The summed E-state index contributed by atoms with van der Waals surface area (Å²) in [6.45, 7) is 2.55. The first-order chi connectivity index (χ1) is 9.97. The summed E-state index contributed by atoms with van der Waals surface area (Å²) in [5, 5.41) is 10.6. The van der Waals surface area contributed by atoms with Crippen molar-refractivity contribution >= 4 is 0 Å². The minimum absolute atomic E-state index is 0.156. The summed E-state index contributed by atoms with van der Waals surface area (Å²) in [5.74, 6) is -0.225. The standard InChI is InChI=1S/C17H27FN2O/c1-3-15(19)16(13-8-4-5-9-14(13)18)20(2)12-17(21)10-6-7-11-17/h4-5,8-9,15-16,21H,3,6-7,10-12,19H2,1-2H3. The quantitative estimate of drug-likeness (QED) is 0.848. The molecule has 2 unspecified atom stereocenters. The zero-order valence-electron chi connectivity index (χ0n) is 13.1. The van der Waals surface area contributed by atoms with Crippen molar-refractivity contribution in [3.05, 3.63) is 35.6 Å². The van der Waals surface area contributed by atoms with Gasteiger partial charge in [-0.15, -0.1) is 0 Å². The molecule has 0 spiro atoms. The molecule has 2 atom stereocenters. The van der Waals surface area contributed by atoms with Crippen molar-refractivity contribution in [1.29, 1.82) is 0 Å². The van der Waals surface area contributed by atoms with Crippen LogP contribution in [0.15, 0.2) is 24.3 Å². The molecule has 0 amide bonds. The van der Waals surface area contributed by atoms with Gasteiger partial charge in [0.05, 0.1) is 11.6 Å². The third-order valence-electron chi connectivity index (χ3n) is 4.65. The van der Waals surface area contributed by atoms with Crippen LogP contribution in [0, 0.1) is 5.82 Å². The van der Waals surface area contributed by atoms with Crippen molar-refractivity contribution in [2.75, 3.05) is 13.6 Å². The van der Waals surface area contributed by atoms with Crippen LogP contribution in [-0.4, -0.2) is 35.2 Å². The minimum atomic E-state index is -0.647. The fourth-order valence-electron chi connectivity index (χ4n) is 3.49. The van der Waals surface area contributed by atoms with Gasteiger partial charge in [0.2, 0.25) is 0 Å². The van der Waals surface area contributed by atoms with Gasteiger partial charge in [0.15, 0.2) is 0 Å². The van der Waals surface area contributed by atoms with Crippen LogP contribution >= 0.6 is 0 Å². The van der Waals surface area contributed by atoms with E-state index in [0.717, 1.165) is 32.1 Å². The molecule has 21 heavy (non-hydrogen) atoms. The molecule has 1 saturated carbocycles. The smallest absolute Gasteiger partial charge is 0.128 e. The van der Waals surface area contributed by atoms with Gasteiger partial charge >= 0.3 is 0 Å². The Hall–Kier alpha value is -0.970. The average molecular weight is 294 g/mol. The summed E-state index contributed by atoms with van der Waals surface area (Å²) in [6, 6.07) is 6.44. The number of hydrogen-bond acceptors (Lipinski definition) is 3. The highest BCUT2D eigenvalue weighted by Gasteiger charge is 2.35. The predicted octanol–water partition coefficient (Wildman–Crippen LogP) is 2.84. The van der Waals surface area contributed by atoms with Gasteiger partial charge in [0, 0.05) is 18.2 Å². The molecule has 1 aliphatic rings. The molecule has 1 fully saturated rings. The molecule has 2 rings (SSSR count). The second kappa shape index (κ2) is 6.86. The van der Waals surface area contributed by atoms with Crippen LogP contribution in [-0.2, 0) is 0 Å². The lowest BCUT2D eigenvalue weighted by Gasteiger charge is -2.37. The van der Waals surface area contributed by atoms with Crippen molar-refractivity contribution in [3.8, 4) is 0 Å². The van der Waals surface area contributed by atoms with Crippen LogP contribution in [0.3, 0.4) is 0 Å². The van der Waals surface area contributed by atoms with Crippen LogP contribution < -0.4 is 5.73 Å². The van der Waals surface area contributed by atoms with Crippen LogP contribution in [0.1, 0.15) is 50.6 Å². The maximum Gasteiger partial charge on any atom is 0.128 e. The van der Waals surface area contributed by atoms with Gasteiger partial charge < -0.3 is 10.8 Å². The fourth-order valence-corrected chi connectivity index (χ4v) is 3.49. The Bertz CT molecular complexity index is 460. The van der Waals surface area contributed by atoms with E-state index in [9.17, 15) is 9.50 Å². The number of nitrogens with two attached hydrogens (primary N) is 1. The van der Waals surface area contributed by atoms with Crippen molar-refractivity contribution in [1.82, 2.24) is 4.90 Å². The van der Waals surface area contributed by atoms with E-state index in [-0.39, 0.29) is 17.9 Å². The summed E-state index contributed by atoms with van der Waals surface area (Å²) in [5.41, 5.74) is 6.22. The molecule has 0 bridgehead atoms. The number of rotatable bonds is 6. The van der Waals surface area contributed by atoms with E-state index in [1.165, 1.54) is 6.07 Å². The Balaban J connectivity index is 2.21. The molecular weight excluding hydrogens is 267 g/mol. The first-order valence-electron chi connectivity index (χ1n) is 7.89. The maximum atomic E-state index is 14.2. The molecule has 3 N–H and O–H groups in total. The number of hydrogen-bond donors (Lipinski definition) is 2. The minimum Gasteiger partial charge on any atom is -0.389 e. The highest BCUT2D eigenvalue weighted by atomic mass is 19.1. The van der Waals surface area contributed by atoms with Gasteiger partial charge in [-0.3, -0.25) is 4.90 Å². The molecule has 1 aromatic carbocycles. The first kappa shape index (κ1) is 16.4. The predicted molar refractivity (Wildman–Crippen MR) is 83.5 cm³/mol. The molecule has 0 saturated heterocycles. The number of aliphatic hydroxyl groups is 1. The third-order valence-corrected chi connectivity index (χ3v) is 4.65. The Morgan fingerprint density at radius 3 is 2.52 bits per heavy atom. The Morgan fingerprint density at radius 1 is 1.33 bits per heavy atom. The highest BCUT2D eigenvalue weighted by molar-refractivity contribution is 5.23. The van der Waals surface area contributed by atoms with Crippen molar-refractivity contribution < 1.29 is 9.50 Å². The van der Waals surface area contributed by atoms with E-state index in [0.29, 0.717) is 12.1 Å². The monoisotopic (exact) mass is 294 g/mol. The molecule has 1 aromatic rings. The summed E-state index contributed by atoms with van der Waals surface area (Å²) in [6.07, 6.45) is 4.54. The van der Waals surface area contributed by atoms with Gasteiger partial charge in [0.25, 0.3) is 0 Å². The first-order valence-corrected chi connectivity index (χ1v) is 7.89. The van der Waals surface area contributed by atoms with Crippen LogP contribution in [0.4, 0.5) is 4.39 Å². The van der Waals surface area contributed by atoms with E-state index < -0.39 is 5.60 Å². The zero-order chi connectivity index (χ0) is 15.5. The Labute approximate surface area is 126 Å². The van der Waals surface area contributed by atoms with Crippen molar-refractivity contribution in [2.24, 2.45) is 5.73 Å². The van der Waals surface area contributed by atoms with E-state index in [2.05, 4.69) is 0 Å². The van der Waals surface area contributed by atoms with E-state index in [4.69, 9.17) is 5.73 Å². The Morgan fingerprint density at radius 2 is 1.95 bits per heavy atom. The second-order valence-corrected chi connectivity index (χ2v) is 6.39.